The highest BCUT2D eigenvalue weighted by Gasteiger charge is 2.38. The van der Waals surface area contributed by atoms with Crippen LogP contribution in [-0.4, -0.2) is 19.7 Å². The minimum absolute atomic E-state index is 0.185. The van der Waals surface area contributed by atoms with E-state index in [1.807, 2.05) is 0 Å². The van der Waals surface area contributed by atoms with E-state index in [4.69, 9.17) is 0 Å². The number of benzene rings is 9. The molecule has 0 fully saturated rings. The Hall–Kier alpha value is -8.34. The Balaban J connectivity index is 1.03. The van der Waals surface area contributed by atoms with Crippen LogP contribution >= 0.6 is 0 Å². The molecule has 4 heteroatoms. The van der Waals surface area contributed by atoms with Crippen molar-refractivity contribution < 1.29 is 0 Å². The van der Waals surface area contributed by atoms with Crippen LogP contribution in [0.3, 0.4) is 0 Å². The van der Waals surface area contributed by atoms with E-state index in [0.717, 1.165) is 17.1 Å². The lowest BCUT2D eigenvalue weighted by atomic mass is 9.91. The SMILES string of the molecule is C1=CC2c3ccccc3N(c3ccccc3-c3ccc(-n4c5ccccc5c5cc(-n6c7ccccc7c7ccccc76)ccc54)cc3-n3c4ccccc4c4ccccc43)C2C=C1. The molecule has 0 radical (unpaired) electrons. The van der Waals surface area contributed by atoms with E-state index in [-0.39, 0.29) is 6.04 Å². The molecule has 300 valence electrons. The zero-order valence-corrected chi connectivity index (χ0v) is 34.9. The molecule has 2 aliphatic rings. The van der Waals surface area contributed by atoms with Gasteiger partial charge in [-0.25, -0.2) is 0 Å². The maximum atomic E-state index is 2.57. The first-order valence-corrected chi connectivity index (χ1v) is 22.3. The first kappa shape index (κ1) is 35.3. The molecule has 0 N–H and O–H groups in total. The number of rotatable bonds is 5. The second-order valence-electron chi connectivity index (χ2n) is 17.2. The molecular formula is C60H40N4. The third-order valence-corrected chi connectivity index (χ3v) is 14.0. The largest absolute Gasteiger partial charge is 0.333 e. The minimum Gasteiger partial charge on any atom is -0.333 e. The highest BCUT2D eigenvalue weighted by molar-refractivity contribution is 6.13. The van der Waals surface area contributed by atoms with Crippen LogP contribution in [0.2, 0.25) is 0 Å². The molecule has 14 rings (SSSR count). The summed E-state index contributed by atoms with van der Waals surface area (Å²) >= 11 is 0. The van der Waals surface area contributed by atoms with Crippen LogP contribution < -0.4 is 4.90 Å². The van der Waals surface area contributed by atoms with Gasteiger partial charge in [-0.15, -0.1) is 0 Å². The summed E-state index contributed by atoms with van der Waals surface area (Å²) in [5, 5.41) is 7.46. The van der Waals surface area contributed by atoms with Crippen molar-refractivity contribution in [2.45, 2.75) is 12.0 Å². The molecule has 1 aliphatic carbocycles. The Morgan fingerprint density at radius 1 is 0.297 bits per heavy atom. The summed E-state index contributed by atoms with van der Waals surface area (Å²) in [6.07, 6.45) is 9.14. The maximum Gasteiger partial charge on any atom is 0.0629 e. The molecule has 9 aromatic carbocycles. The maximum absolute atomic E-state index is 2.57. The van der Waals surface area contributed by atoms with Crippen molar-refractivity contribution in [1.82, 2.24) is 13.7 Å². The number of aromatic nitrogens is 3. The molecule has 0 bridgehead atoms. The van der Waals surface area contributed by atoms with Crippen LogP contribution in [0, 0.1) is 0 Å². The summed E-state index contributed by atoms with van der Waals surface area (Å²) in [5.74, 6) is 0.291. The van der Waals surface area contributed by atoms with Gasteiger partial charge in [-0.2, -0.15) is 0 Å². The molecule has 64 heavy (non-hydrogen) atoms. The fraction of sp³-hybridized carbons (Fsp3) is 0.0333. The van der Waals surface area contributed by atoms with Gasteiger partial charge in [0.15, 0.2) is 0 Å². The van der Waals surface area contributed by atoms with E-state index in [0.29, 0.717) is 5.92 Å². The molecule has 4 heterocycles. The van der Waals surface area contributed by atoms with E-state index >= 15 is 0 Å². The highest BCUT2D eigenvalue weighted by Crippen LogP contribution is 2.51. The van der Waals surface area contributed by atoms with Gasteiger partial charge in [0.2, 0.25) is 0 Å². The number of hydrogen-bond donors (Lipinski definition) is 0. The van der Waals surface area contributed by atoms with Crippen LogP contribution in [0.5, 0.6) is 0 Å². The molecule has 1 aliphatic heterocycles. The lowest BCUT2D eigenvalue weighted by molar-refractivity contribution is 0.745. The summed E-state index contributed by atoms with van der Waals surface area (Å²) in [6.45, 7) is 0. The van der Waals surface area contributed by atoms with Crippen molar-refractivity contribution >= 4 is 76.8 Å². The second kappa shape index (κ2) is 13.6. The van der Waals surface area contributed by atoms with Gasteiger partial charge < -0.3 is 18.6 Å². The quantitative estimate of drug-likeness (QED) is 0.169. The number of allylic oxidation sites excluding steroid dienone is 2. The van der Waals surface area contributed by atoms with Crippen molar-refractivity contribution in [2.75, 3.05) is 4.90 Å². The molecule has 2 unspecified atom stereocenters. The lowest BCUT2D eigenvalue weighted by Crippen LogP contribution is -2.29. The van der Waals surface area contributed by atoms with Crippen LogP contribution in [0.4, 0.5) is 11.4 Å². The lowest BCUT2D eigenvalue weighted by Gasteiger charge is -2.31. The van der Waals surface area contributed by atoms with Gasteiger partial charge in [0, 0.05) is 72.1 Å². The Morgan fingerprint density at radius 2 is 0.734 bits per heavy atom. The predicted octanol–water partition coefficient (Wildman–Crippen LogP) is 15.4. The number of fused-ring (bicyclic) bond motifs is 12. The van der Waals surface area contributed by atoms with Crippen LogP contribution in [0.15, 0.2) is 231 Å². The fourth-order valence-corrected chi connectivity index (χ4v) is 11.3. The predicted molar refractivity (Wildman–Crippen MR) is 268 cm³/mol. The number of para-hydroxylation sites is 7. The van der Waals surface area contributed by atoms with Gasteiger partial charge in [-0.3, -0.25) is 0 Å². The number of nitrogens with zero attached hydrogens (tertiary/aromatic N) is 4. The third kappa shape index (κ3) is 4.93. The third-order valence-electron chi connectivity index (χ3n) is 14.0. The summed E-state index contributed by atoms with van der Waals surface area (Å²) in [7, 11) is 0. The van der Waals surface area contributed by atoms with Crippen LogP contribution in [0.25, 0.3) is 93.6 Å². The Kier molecular flexibility index (Phi) is 7.48. The standard InChI is InChI=1S/C60H40N4/c1-9-25-51-41(17-1)42-18-2-10-26-52(42)61(51)39-34-36-59-50(37-39)48-24-8-11-27-53(48)62(59)40-33-35-49(60(38-40)64-57-31-15-5-21-45(57)46-22-6-16-32-58(46)64)47-23-7-14-30-56(47)63-54-28-12-3-19-43(54)44-20-4-13-29-55(44)63/h1-38,43,54H. The molecule has 2 atom stereocenters. The van der Waals surface area contributed by atoms with Gasteiger partial charge in [-0.1, -0.05) is 158 Å². The average Bonchev–Trinajstić information content (AvgIpc) is 4.09. The molecule has 0 spiro atoms. The minimum atomic E-state index is 0.185. The van der Waals surface area contributed by atoms with Crippen molar-refractivity contribution in [3.05, 3.63) is 236 Å². The van der Waals surface area contributed by atoms with E-state index in [1.165, 1.54) is 93.5 Å². The van der Waals surface area contributed by atoms with E-state index < -0.39 is 0 Å². The van der Waals surface area contributed by atoms with Crippen LogP contribution in [-0.2, 0) is 0 Å². The van der Waals surface area contributed by atoms with Crippen molar-refractivity contribution in [2.24, 2.45) is 0 Å². The second-order valence-corrected chi connectivity index (χ2v) is 17.2. The molecule has 4 nitrogen and oxygen atoms in total. The average molecular weight is 817 g/mol. The fourth-order valence-electron chi connectivity index (χ4n) is 11.3. The van der Waals surface area contributed by atoms with Gasteiger partial charge in [0.1, 0.15) is 0 Å². The molecule has 0 amide bonds. The smallest absolute Gasteiger partial charge is 0.0629 e. The highest BCUT2D eigenvalue weighted by atomic mass is 15.2. The molecular weight excluding hydrogens is 777 g/mol. The first-order chi connectivity index (χ1) is 31.8. The van der Waals surface area contributed by atoms with Crippen molar-refractivity contribution in [3.63, 3.8) is 0 Å². The zero-order chi connectivity index (χ0) is 41.9. The normalized spacial score (nSPS) is 15.7. The summed E-state index contributed by atoms with van der Waals surface area (Å²) < 4.78 is 7.38. The van der Waals surface area contributed by atoms with Gasteiger partial charge in [-0.05, 0) is 78.4 Å². The van der Waals surface area contributed by atoms with Crippen molar-refractivity contribution in [1.29, 1.82) is 0 Å². The first-order valence-electron chi connectivity index (χ1n) is 22.3. The molecule has 12 aromatic rings. The Labute approximate surface area is 370 Å². The topological polar surface area (TPSA) is 18.0 Å². The van der Waals surface area contributed by atoms with E-state index in [1.54, 1.807) is 0 Å². The monoisotopic (exact) mass is 816 g/mol. The zero-order valence-electron chi connectivity index (χ0n) is 34.9. The summed E-state index contributed by atoms with van der Waals surface area (Å²) in [5.41, 5.74) is 16.7. The Morgan fingerprint density at radius 3 is 1.36 bits per heavy atom. The van der Waals surface area contributed by atoms with Gasteiger partial charge in [0.25, 0.3) is 0 Å². The molecule has 0 saturated heterocycles. The van der Waals surface area contributed by atoms with E-state index in [2.05, 4.69) is 249 Å². The summed E-state index contributed by atoms with van der Waals surface area (Å²) in [6, 6.07) is 76.4. The molecule has 3 aromatic heterocycles. The Bertz CT molecular complexity index is 3840. The van der Waals surface area contributed by atoms with E-state index in [9.17, 15) is 0 Å². The molecule has 0 saturated carbocycles. The summed E-state index contributed by atoms with van der Waals surface area (Å²) in [4.78, 5) is 2.57. The van der Waals surface area contributed by atoms with Crippen LogP contribution in [0.1, 0.15) is 11.5 Å². The van der Waals surface area contributed by atoms with Gasteiger partial charge in [0.05, 0.1) is 44.8 Å². The number of anilines is 2. The number of hydrogen-bond acceptors (Lipinski definition) is 1. The van der Waals surface area contributed by atoms with Crippen molar-refractivity contribution in [3.8, 4) is 28.2 Å². The van der Waals surface area contributed by atoms with Gasteiger partial charge >= 0.3 is 0 Å².